The van der Waals surface area contributed by atoms with Gasteiger partial charge in [0.2, 0.25) is 0 Å². The number of hydrogen-bond acceptors (Lipinski definition) is 1. The second-order valence-corrected chi connectivity index (χ2v) is 5.30. The maximum absolute atomic E-state index is 11.6. The van der Waals surface area contributed by atoms with Crippen LogP contribution >= 0.6 is 11.6 Å². The highest BCUT2D eigenvalue weighted by atomic mass is 35.5. The minimum atomic E-state index is -0.210. The molecule has 0 aliphatic heterocycles. The lowest BCUT2D eigenvalue weighted by Crippen LogP contribution is -2.28. The summed E-state index contributed by atoms with van der Waals surface area (Å²) in [6.45, 7) is 2.47. The zero-order valence-corrected chi connectivity index (χ0v) is 12.9. The molecule has 0 spiro atoms. The molecule has 2 N–H and O–H groups in total. The van der Waals surface area contributed by atoms with Crippen molar-refractivity contribution in [2.24, 2.45) is 0 Å². The third-order valence-electron chi connectivity index (χ3n) is 3.40. The van der Waals surface area contributed by atoms with Gasteiger partial charge in [-0.3, -0.25) is 0 Å². The van der Waals surface area contributed by atoms with Crippen LogP contribution in [-0.2, 0) is 0 Å². The lowest BCUT2D eigenvalue weighted by Gasteiger charge is -2.10. The SMILES string of the molecule is CCNC(=O)Nc1ccc2ccn(-c3ccccc3Cl)c2c1. The fraction of sp³-hybridized carbons (Fsp3) is 0.118. The molecule has 0 saturated carbocycles. The van der Waals surface area contributed by atoms with Gasteiger partial charge >= 0.3 is 6.03 Å². The standard InChI is InChI=1S/C17H16ClN3O/c1-2-19-17(22)20-13-8-7-12-9-10-21(16(12)11-13)15-6-4-3-5-14(15)18/h3-11H,2H2,1H3,(H2,19,20,22). The Morgan fingerprint density at radius 1 is 1.18 bits per heavy atom. The number of hydrogen-bond donors (Lipinski definition) is 2. The van der Waals surface area contributed by atoms with Gasteiger partial charge in [0.25, 0.3) is 0 Å². The van der Waals surface area contributed by atoms with Crippen LogP contribution in [0, 0.1) is 0 Å². The van der Waals surface area contributed by atoms with E-state index in [9.17, 15) is 4.79 Å². The predicted molar refractivity (Wildman–Crippen MR) is 91.0 cm³/mol. The number of aromatic nitrogens is 1. The first-order chi connectivity index (χ1) is 10.7. The smallest absolute Gasteiger partial charge is 0.319 e. The molecule has 0 radical (unpaired) electrons. The summed E-state index contributed by atoms with van der Waals surface area (Å²) < 4.78 is 2.01. The molecule has 0 aliphatic carbocycles. The van der Waals surface area contributed by atoms with E-state index >= 15 is 0 Å². The second-order valence-electron chi connectivity index (χ2n) is 4.90. The van der Waals surface area contributed by atoms with Crippen LogP contribution < -0.4 is 10.6 Å². The Bertz CT molecular complexity index is 826. The molecule has 0 saturated heterocycles. The molecule has 1 aromatic heterocycles. The summed E-state index contributed by atoms with van der Waals surface area (Å²) in [5.41, 5.74) is 2.64. The Kier molecular flexibility index (Phi) is 4.02. The molecule has 0 aliphatic rings. The number of anilines is 1. The lowest BCUT2D eigenvalue weighted by atomic mass is 10.2. The molecular formula is C17H16ClN3O. The molecule has 3 aromatic rings. The van der Waals surface area contributed by atoms with Crippen molar-refractivity contribution in [3.05, 3.63) is 59.8 Å². The molecule has 2 aromatic carbocycles. The summed E-state index contributed by atoms with van der Waals surface area (Å²) in [5.74, 6) is 0. The fourth-order valence-corrected chi connectivity index (χ4v) is 2.63. The van der Waals surface area contributed by atoms with Gasteiger partial charge < -0.3 is 15.2 Å². The lowest BCUT2D eigenvalue weighted by molar-refractivity contribution is 0.252. The van der Waals surface area contributed by atoms with Gasteiger partial charge in [0.15, 0.2) is 0 Å². The third-order valence-corrected chi connectivity index (χ3v) is 3.72. The predicted octanol–water partition coefficient (Wildman–Crippen LogP) is 4.43. The van der Waals surface area contributed by atoms with E-state index in [1.54, 1.807) is 0 Å². The van der Waals surface area contributed by atoms with Gasteiger partial charge in [-0.05, 0) is 37.3 Å². The molecule has 5 heteroatoms. The van der Waals surface area contributed by atoms with Crippen LogP contribution in [0.3, 0.4) is 0 Å². The average Bonchev–Trinajstić information content (AvgIpc) is 2.91. The number of urea groups is 1. The van der Waals surface area contributed by atoms with Crippen molar-refractivity contribution in [2.75, 3.05) is 11.9 Å². The average molecular weight is 314 g/mol. The van der Waals surface area contributed by atoms with Gasteiger partial charge in [-0.25, -0.2) is 4.79 Å². The van der Waals surface area contributed by atoms with Crippen molar-refractivity contribution in [2.45, 2.75) is 6.92 Å². The summed E-state index contributed by atoms with van der Waals surface area (Å²) in [6.07, 6.45) is 1.97. The van der Waals surface area contributed by atoms with Crippen LogP contribution in [0.1, 0.15) is 6.92 Å². The molecule has 22 heavy (non-hydrogen) atoms. The Balaban J connectivity index is 2.02. The zero-order chi connectivity index (χ0) is 15.5. The number of carbonyl (C=O) groups excluding carboxylic acids is 1. The van der Waals surface area contributed by atoms with Crippen LogP contribution in [0.4, 0.5) is 10.5 Å². The second kappa shape index (κ2) is 6.12. The van der Waals surface area contributed by atoms with Crippen LogP contribution in [0.15, 0.2) is 54.7 Å². The molecular weight excluding hydrogens is 298 g/mol. The van der Waals surface area contributed by atoms with Gasteiger partial charge in [-0.1, -0.05) is 29.8 Å². The van der Waals surface area contributed by atoms with E-state index in [1.807, 2.05) is 66.2 Å². The van der Waals surface area contributed by atoms with E-state index in [-0.39, 0.29) is 6.03 Å². The largest absolute Gasteiger partial charge is 0.338 e. The number of halogens is 1. The first-order valence-corrected chi connectivity index (χ1v) is 7.47. The normalized spacial score (nSPS) is 10.6. The minimum Gasteiger partial charge on any atom is -0.338 e. The Morgan fingerprint density at radius 3 is 2.77 bits per heavy atom. The Labute approximate surface area is 133 Å². The van der Waals surface area contributed by atoms with Crippen molar-refractivity contribution < 1.29 is 4.79 Å². The summed E-state index contributed by atoms with van der Waals surface area (Å²) in [4.78, 5) is 11.6. The summed E-state index contributed by atoms with van der Waals surface area (Å²) in [5, 5.41) is 7.30. The zero-order valence-electron chi connectivity index (χ0n) is 12.1. The molecule has 0 unspecified atom stereocenters. The molecule has 112 valence electrons. The van der Waals surface area contributed by atoms with Crippen LogP contribution in [0.2, 0.25) is 5.02 Å². The van der Waals surface area contributed by atoms with E-state index < -0.39 is 0 Å². The van der Waals surface area contributed by atoms with E-state index in [0.29, 0.717) is 11.6 Å². The minimum absolute atomic E-state index is 0.210. The third kappa shape index (κ3) is 2.78. The maximum Gasteiger partial charge on any atom is 0.319 e. The first kappa shape index (κ1) is 14.5. The number of rotatable bonds is 3. The highest BCUT2D eigenvalue weighted by Gasteiger charge is 2.08. The van der Waals surface area contributed by atoms with E-state index in [0.717, 1.165) is 22.3 Å². The number of nitrogens with zero attached hydrogens (tertiary/aromatic N) is 1. The van der Waals surface area contributed by atoms with Crippen molar-refractivity contribution in [1.29, 1.82) is 0 Å². The summed E-state index contributed by atoms with van der Waals surface area (Å²) >= 11 is 6.28. The van der Waals surface area contributed by atoms with Gasteiger partial charge in [-0.15, -0.1) is 0 Å². The van der Waals surface area contributed by atoms with Crippen LogP contribution in [0.5, 0.6) is 0 Å². The quantitative estimate of drug-likeness (QED) is 0.738. The van der Waals surface area contributed by atoms with Gasteiger partial charge in [0, 0.05) is 23.8 Å². The number of benzene rings is 2. The number of amides is 2. The van der Waals surface area contributed by atoms with Crippen molar-refractivity contribution >= 4 is 34.2 Å². The number of nitrogens with one attached hydrogen (secondary N) is 2. The van der Waals surface area contributed by atoms with Gasteiger partial charge in [0.1, 0.15) is 0 Å². The topological polar surface area (TPSA) is 46.1 Å². The van der Waals surface area contributed by atoms with Gasteiger partial charge in [-0.2, -0.15) is 0 Å². The fourth-order valence-electron chi connectivity index (χ4n) is 2.40. The maximum atomic E-state index is 11.6. The van der Waals surface area contributed by atoms with Crippen molar-refractivity contribution in [3.8, 4) is 5.69 Å². The highest BCUT2D eigenvalue weighted by molar-refractivity contribution is 6.32. The van der Waals surface area contributed by atoms with Crippen LogP contribution in [0.25, 0.3) is 16.6 Å². The molecule has 4 nitrogen and oxygen atoms in total. The van der Waals surface area contributed by atoms with Gasteiger partial charge in [0.05, 0.1) is 16.2 Å². The highest BCUT2D eigenvalue weighted by Crippen LogP contribution is 2.27. The molecule has 1 heterocycles. The summed E-state index contributed by atoms with van der Waals surface area (Å²) in [6, 6.07) is 15.3. The Morgan fingerprint density at radius 2 is 2.00 bits per heavy atom. The van der Waals surface area contributed by atoms with E-state index in [4.69, 9.17) is 11.6 Å². The number of fused-ring (bicyclic) bond motifs is 1. The van der Waals surface area contributed by atoms with Crippen molar-refractivity contribution in [3.63, 3.8) is 0 Å². The molecule has 3 rings (SSSR count). The number of para-hydroxylation sites is 1. The molecule has 0 fully saturated rings. The monoisotopic (exact) mass is 313 g/mol. The summed E-state index contributed by atoms with van der Waals surface area (Å²) in [7, 11) is 0. The number of carbonyl (C=O) groups is 1. The van der Waals surface area contributed by atoms with Crippen LogP contribution in [-0.4, -0.2) is 17.1 Å². The van der Waals surface area contributed by atoms with E-state index in [1.165, 1.54) is 0 Å². The molecule has 0 bridgehead atoms. The molecule has 0 atom stereocenters. The Hall–Kier alpha value is -2.46. The molecule has 2 amide bonds. The van der Waals surface area contributed by atoms with Crippen molar-refractivity contribution in [1.82, 2.24) is 9.88 Å². The first-order valence-electron chi connectivity index (χ1n) is 7.10. The van der Waals surface area contributed by atoms with E-state index in [2.05, 4.69) is 10.6 Å².